The van der Waals surface area contributed by atoms with E-state index < -0.39 is 0 Å². The van der Waals surface area contributed by atoms with E-state index in [0.717, 1.165) is 30.2 Å². The van der Waals surface area contributed by atoms with Crippen LogP contribution in [0, 0.1) is 5.92 Å². The molecule has 1 N–H and O–H groups in total. The number of hydrogen-bond acceptors (Lipinski definition) is 3. The molecule has 6 heteroatoms. The Hall–Kier alpha value is -2.01. The Labute approximate surface area is 165 Å². The highest BCUT2D eigenvalue weighted by Gasteiger charge is 2.28. The Balaban J connectivity index is 1.67. The number of carbonyl (C=O) groups is 2. The van der Waals surface area contributed by atoms with Crippen LogP contribution in [-0.2, 0) is 16.0 Å². The number of nitrogens with zero attached hydrogens (tertiary/aromatic N) is 1. The predicted molar refractivity (Wildman–Crippen MR) is 107 cm³/mol. The zero-order chi connectivity index (χ0) is 19.2. The van der Waals surface area contributed by atoms with Gasteiger partial charge in [-0.2, -0.15) is 0 Å². The number of aromatic nitrogens is 1. The SMILES string of the molecule is CCOC(=O)C1CCN(C(=O)c2ccc3[nH]cc(CCCCCl)c3c2)CC1. The number of aromatic amines is 1. The molecular formula is C21H27ClN2O3. The highest BCUT2D eigenvalue weighted by Crippen LogP contribution is 2.24. The van der Waals surface area contributed by atoms with E-state index in [1.807, 2.05) is 36.2 Å². The Morgan fingerprint density at radius 2 is 2.04 bits per heavy atom. The quantitative estimate of drug-likeness (QED) is 0.439. The van der Waals surface area contributed by atoms with Gasteiger partial charge in [-0.15, -0.1) is 11.6 Å². The van der Waals surface area contributed by atoms with Gasteiger partial charge in [-0.05, 0) is 62.8 Å². The average Bonchev–Trinajstić information content (AvgIpc) is 3.10. The van der Waals surface area contributed by atoms with Crippen molar-refractivity contribution in [3.05, 3.63) is 35.5 Å². The van der Waals surface area contributed by atoms with Crippen LogP contribution in [0.3, 0.4) is 0 Å². The van der Waals surface area contributed by atoms with E-state index in [-0.39, 0.29) is 17.8 Å². The molecule has 2 aromatic rings. The summed E-state index contributed by atoms with van der Waals surface area (Å²) in [7, 11) is 0. The van der Waals surface area contributed by atoms with Crippen molar-refractivity contribution in [1.29, 1.82) is 0 Å². The van der Waals surface area contributed by atoms with Gasteiger partial charge in [-0.25, -0.2) is 0 Å². The molecule has 3 rings (SSSR count). The Morgan fingerprint density at radius 1 is 1.26 bits per heavy atom. The molecule has 0 bridgehead atoms. The predicted octanol–water partition coefficient (Wildman–Crippen LogP) is 4.14. The largest absolute Gasteiger partial charge is 0.466 e. The molecule has 146 valence electrons. The third-order valence-electron chi connectivity index (χ3n) is 5.25. The number of piperidine rings is 1. The number of rotatable bonds is 7. The molecule has 27 heavy (non-hydrogen) atoms. The van der Waals surface area contributed by atoms with Crippen molar-refractivity contribution < 1.29 is 14.3 Å². The number of alkyl halides is 1. The molecule has 0 saturated carbocycles. The molecule has 1 saturated heterocycles. The van der Waals surface area contributed by atoms with Crippen molar-refractivity contribution in [1.82, 2.24) is 9.88 Å². The lowest BCUT2D eigenvalue weighted by Crippen LogP contribution is -2.40. The molecule has 1 aliphatic rings. The van der Waals surface area contributed by atoms with Gasteiger partial charge in [-0.3, -0.25) is 9.59 Å². The molecule has 0 atom stereocenters. The molecule has 2 heterocycles. The summed E-state index contributed by atoms with van der Waals surface area (Å²) < 4.78 is 5.10. The van der Waals surface area contributed by atoms with Gasteiger partial charge < -0.3 is 14.6 Å². The second-order valence-corrected chi connectivity index (χ2v) is 7.42. The summed E-state index contributed by atoms with van der Waals surface area (Å²) in [5.74, 6) is 0.482. The zero-order valence-corrected chi connectivity index (χ0v) is 16.6. The van der Waals surface area contributed by atoms with Crippen LogP contribution in [0.25, 0.3) is 10.9 Å². The average molecular weight is 391 g/mol. The highest BCUT2D eigenvalue weighted by molar-refractivity contribution is 6.17. The lowest BCUT2D eigenvalue weighted by atomic mass is 9.96. The molecule has 1 fully saturated rings. The van der Waals surface area contributed by atoms with Crippen LogP contribution in [-0.4, -0.2) is 47.3 Å². The van der Waals surface area contributed by atoms with Gasteiger partial charge in [0.25, 0.3) is 5.91 Å². The molecule has 0 unspecified atom stereocenters. The van der Waals surface area contributed by atoms with Crippen LogP contribution in [0.1, 0.15) is 48.5 Å². The smallest absolute Gasteiger partial charge is 0.309 e. The van der Waals surface area contributed by atoms with Crippen LogP contribution < -0.4 is 0 Å². The van der Waals surface area contributed by atoms with Gasteiger partial charge >= 0.3 is 5.97 Å². The van der Waals surface area contributed by atoms with E-state index in [1.54, 1.807) is 0 Å². The van der Waals surface area contributed by atoms with Crippen LogP contribution in [0.5, 0.6) is 0 Å². The number of likely N-dealkylation sites (tertiary alicyclic amines) is 1. The van der Waals surface area contributed by atoms with Crippen LogP contribution >= 0.6 is 11.6 Å². The first-order valence-electron chi connectivity index (χ1n) is 9.76. The highest BCUT2D eigenvalue weighted by atomic mass is 35.5. The van der Waals surface area contributed by atoms with Gasteiger partial charge in [0, 0.05) is 41.6 Å². The molecule has 0 spiro atoms. The fourth-order valence-electron chi connectivity index (χ4n) is 3.69. The van der Waals surface area contributed by atoms with Crippen molar-refractivity contribution >= 4 is 34.4 Å². The summed E-state index contributed by atoms with van der Waals surface area (Å²) >= 11 is 5.77. The molecular weight excluding hydrogens is 364 g/mol. The van der Waals surface area contributed by atoms with E-state index in [0.29, 0.717) is 44.0 Å². The summed E-state index contributed by atoms with van der Waals surface area (Å²) in [4.78, 5) is 29.9. The van der Waals surface area contributed by atoms with Crippen molar-refractivity contribution in [2.75, 3.05) is 25.6 Å². The number of carbonyl (C=O) groups excluding carboxylic acids is 2. The fraction of sp³-hybridized carbons (Fsp3) is 0.524. The first-order chi connectivity index (χ1) is 13.1. The molecule has 1 aromatic carbocycles. The van der Waals surface area contributed by atoms with Crippen LogP contribution in [0.2, 0.25) is 0 Å². The number of fused-ring (bicyclic) bond motifs is 1. The van der Waals surface area contributed by atoms with Crippen LogP contribution in [0.4, 0.5) is 0 Å². The molecule has 1 aliphatic heterocycles. The van der Waals surface area contributed by atoms with Gasteiger partial charge in [0.1, 0.15) is 0 Å². The third-order valence-corrected chi connectivity index (χ3v) is 5.51. The zero-order valence-electron chi connectivity index (χ0n) is 15.8. The maximum Gasteiger partial charge on any atom is 0.309 e. The van der Waals surface area contributed by atoms with E-state index in [4.69, 9.17) is 16.3 Å². The summed E-state index contributed by atoms with van der Waals surface area (Å²) in [5, 5.41) is 1.11. The number of hydrogen-bond donors (Lipinski definition) is 1. The number of benzene rings is 1. The summed E-state index contributed by atoms with van der Waals surface area (Å²) in [6.07, 6.45) is 6.34. The Morgan fingerprint density at radius 3 is 2.74 bits per heavy atom. The maximum atomic E-state index is 12.9. The number of unbranched alkanes of at least 4 members (excludes halogenated alkanes) is 1. The monoisotopic (exact) mass is 390 g/mol. The number of aryl methyl sites for hydroxylation is 1. The van der Waals surface area contributed by atoms with Gasteiger partial charge in [0.15, 0.2) is 0 Å². The Bertz CT molecular complexity index is 794. The Kier molecular flexibility index (Phi) is 6.78. The number of nitrogens with one attached hydrogen (secondary N) is 1. The number of H-pyrrole nitrogens is 1. The van der Waals surface area contributed by atoms with E-state index in [1.165, 1.54) is 5.56 Å². The van der Waals surface area contributed by atoms with Gasteiger partial charge in [-0.1, -0.05) is 0 Å². The number of amides is 1. The molecule has 0 aliphatic carbocycles. The van der Waals surface area contributed by atoms with E-state index in [9.17, 15) is 9.59 Å². The second kappa shape index (κ2) is 9.27. The van der Waals surface area contributed by atoms with E-state index >= 15 is 0 Å². The number of ether oxygens (including phenoxy) is 1. The minimum Gasteiger partial charge on any atom is -0.466 e. The molecule has 0 radical (unpaired) electrons. The molecule has 1 aromatic heterocycles. The summed E-state index contributed by atoms with van der Waals surface area (Å²) in [5.41, 5.74) is 2.98. The normalized spacial score (nSPS) is 15.3. The number of halogens is 1. The van der Waals surface area contributed by atoms with Crippen molar-refractivity contribution in [3.63, 3.8) is 0 Å². The minimum atomic E-state index is -0.139. The first kappa shape index (κ1) is 19.7. The maximum absolute atomic E-state index is 12.9. The lowest BCUT2D eigenvalue weighted by Gasteiger charge is -2.31. The van der Waals surface area contributed by atoms with Crippen molar-refractivity contribution in [2.24, 2.45) is 5.92 Å². The summed E-state index contributed by atoms with van der Waals surface area (Å²) in [6, 6.07) is 5.84. The van der Waals surface area contributed by atoms with Crippen molar-refractivity contribution in [2.45, 2.75) is 39.0 Å². The van der Waals surface area contributed by atoms with Crippen LogP contribution in [0.15, 0.2) is 24.4 Å². The topological polar surface area (TPSA) is 62.4 Å². The van der Waals surface area contributed by atoms with Gasteiger partial charge in [0.05, 0.1) is 12.5 Å². The first-order valence-corrected chi connectivity index (χ1v) is 10.3. The third kappa shape index (κ3) is 4.64. The second-order valence-electron chi connectivity index (χ2n) is 7.04. The minimum absolute atomic E-state index is 0.0344. The van der Waals surface area contributed by atoms with Crippen molar-refractivity contribution in [3.8, 4) is 0 Å². The molecule has 5 nitrogen and oxygen atoms in total. The van der Waals surface area contributed by atoms with E-state index in [2.05, 4.69) is 4.98 Å². The lowest BCUT2D eigenvalue weighted by molar-refractivity contribution is -0.149. The standard InChI is InChI=1S/C21H27ClN2O3/c1-2-27-21(26)15-8-11-24(12-9-15)20(25)16-6-7-19-18(13-16)17(14-23-19)5-3-4-10-22/h6-7,13-15,23H,2-5,8-12H2,1H3. The van der Waals surface area contributed by atoms with Gasteiger partial charge in [0.2, 0.25) is 0 Å². The fourth-order valence-corrected chi connectivity index (χ4v) is 3.88. The summed E-state index contributed by atoms with van der Waals surface area (Å²) in [6.45, 7) is 3.41. The molecule has 1 amide bonds. The number of esters is 1.